The van der Waals surface area contributed by atoms with Gasteiger partial charge in [0.2, 0.25) is 0 Å². The summed E-state index contributed by atoms with van der Waals surface area (Å²) in [4.78, 5) is 4.75. The molecule has 0 aliphatic carbocycles. The highest BCUT2D eigenvalue weighted by Gasteiger charge is 2.37. The Hall–Kier alpha value is -0.933. The zero-order chi connectivity index (χ0) is 16.1. The molecule has 0 fully saturated rings. The Morgan fingerprint density at radius 3 is 2.19 bits per heavy atom. The number of benzene rings is 1. The summed E-state index contributed by atoms with van der Waals surface area (Å²) < 4.78 is 6.33. The van der Waals surface area contributed by atoms with E-state index < -0.39 is 8.32 Å². The van der Waals surface area contributed by atoms with Crippen LogP contribution >= 0.6 is 0 Å². The lowest BCUT2D eigenvalue weighted by Crippen LogP contribution is -2.43. The fourth-order valence-corrected chi connectivity index (χ4v) is 2.66. The summed E-state index contributed by atoms with van der Waals surface area (Å²) >= 11 is 0. The molecule has 0 spiro atoms. The molecule has 0 amide bonds. The lowest BCUT2D eigenvalue weighted by Gasteiger charge is -2.37. The maximum Gasteiger partial charge on any atom is 0.192 e. The number of hydrogen-bond donors (Lipinski definition) is 0. The fraction of sp³-hybridized carbons (Fsp3) is 0.611. The Bertz CT molecular complexity index is 446. The smallest absolute Gasteiger partial charge is 0.192 e. The molecule has 3 heteroatoms. The molecule has 1 aromatic rings. The molecule has 1 atom stereocenters. The molecule has 0 unspecified atom stereocenters. The van der Waals surface area contributed by atoms with Crippen LogP contribution in [0.25, 0.3) is 0 Å². The topological polar surface area (TPSA) is 21.6 Å². The second kappa shape index (κ2) is 7.37. The third-order valence-corrected chi connectivity index (χ3v) is 8.91. The van der Waals surface area contributed by atoms with E-state index >= 15 is 0 Å². The Labute approximate surface area is 131 Å². The van der Waals surface area contributed by atoms with Gasteiger partial charge in [-0.05, 0) is 29.6 Å². The molecule has 0 aliphatic heterocycles. The van der Waals surface area contributed by atoms with Crippen LogP contribution in [0.4, 0.5) is 0 Å². The molecule has 0 heterocycles. The minimum absolute atomic E-state index is 0.222. The highest BCUT2D eigenvalue weighted by atomic mass is 28.4. The number of nitrogens with zero attached hydrogens (tertiary/aromatic N) is 1. The van der Waals surface area contributed by atoms with Crippen molar-refractivity contribution in [2.45, 2.75) is 58.8 Å². The Balaban J connectivity index is 2.69. The van der Waals surface area contributed by atoms with Gasteiger partial charge in [0.1, 0.15) is 0 Å². The van der Waals surface area contributed by atoms with E-state index in [2.05, 4.69) is 59.8 Å². The van der Waals surface area contributed by atoms with Crippen LogP contribution in [-0.4, -0.2) is 27.2 Å². The first-order chi connectivity index (χ1) is 9.63. The summed E-state index contributed by atoms with van der Waals surface area (Å²) in [5.74, 6) is 0.481. The van der Waals surface area contributed by atoms with Crippen molar-refractivity contribution in [2.24, 2.45) is 10.9 Å². The van der Waals surface area contributed by atoms with E-state index in [1.54, 1.807) is 0 Å². The maximum atomic E-state index is 6.33. The van der Waals surface area contributed by atoms with Gasteiger partial charge in [-0.3, -0.25) is 4.99 Å². The second-order valence-electron chi connectivity index (χ2n) is 7.57. The zero-order valence-corrected chi connectivity index (χ0v) is 15.7. The molecule has 118 valence electrons. The van der Waals surface area contributed by atoms with E-state index in [9.17, 15) is 0 Å². The molecule has 0 aliphatic rings. The fourth-order valence-electron chi connectivity index (χ4n) is 1.64. The molecule has 1 rings (SSSR count). The van der Waals surface area contributed by atoms with Crippen molar-refractivity contribution in [3.05, 3.63) is 35.9 Å². The van der Waals surface area contributed by atoms with Crippen LogP contribution < -0.4 is 0 Å². The zero-order valence-electron chi connectivity index (χ0n) is 14.7. The van der Waals surface area contributed by atoms with E-state index in [1.165, 1.54) is 0 Å². The van der Waals surface area contributed by atoms with Crippen LogP contribution in [-0.2, 0) is 4.43 Å². The molecule has 0 N–H and O–H groups in total. The summed E-state index contributed by atoms with van der Waals surface area (Å²) in [5, 5.41) is 0.248. The third-order valence-electron chi connectivity index (χ3n) is 4.41. The molecular formula is C18H31NOSi. The Morgan fingerprint density at radius 2 is 1.71 bits per heavy atom. The normalized spacial score (nSPS) is 14.9. The van der Waals surface area contributed by atoms with Gasteiger partial charge in [0.05, 0.1) is 12.6 Å². The van der Waals surface area contributed by atoms with E-state index in [4.69, 9.17) is 9.42 Å². The quantitative estimate of drug-likeness (QED) is 0.526. The molecular weight excluding hydrogens is 274 g/mol. The van der Waals surface area contributed by atoms with Gasteiger partial charge in [0, 0.05) is 6.21 Å². The third kappa shape index (κ3) is 5.75. The van der Waals surface area contributed by atoms with Crippen molar-refractivity contribution in [3.63, 3.8) is 0 Å². The molecule has 2 nitrogen and oxygen atoms in total. The summed E-state index contributed by atoms with van der Waals surface area (Å²) in [6.45, 7) is 16.6. The van der Waals surface area contributed by atoms with Crippen molar-refractivity contribution in [1.82, 2.24) is 0 Å². The lowest BCUT2D eigenvalue weighted by molar-refractivity contribution is 0.240. The van der Waals surface area contributed by atoms with Gasteiger partial charge in [-0.2, -0.15) is 0 Å². The average Bonchev–Trinajstić information content (AvgIpc) is 2.38. The van der Waals surface area contributed by atoms with Crippen LogP contribution in [0.2, 0.25) is 18.1 Å². The van der Waals surface area contributed by atoms with Crippen molar-refractivity contribution < 1.29 is 4.43 Å². The van der Waals surface area contributed by atoms with E-state index in [1.807, 2.05) is 24.4 Å². The maximum absolute atomic E-state index is 6.33. The van der Waals surface area contributed by atoms with Crippen LogP contribution in [0.1, 0.15) is 40.2 Å². The summed E-state index contributed by atoms with van der Waals surface area (Å²) in [6, 6.07) is 10.5. The van der Waals surface area contributed by atoms with Gasteiger partial charge in [-0.15, -0.1) is 0 Å². The second-order valence-corrected chi connectivity index (χ2v) is 12.4. The molecule has 0 saturated heterocycles. The SMILES string of the molecule is CC(C)[C@@H](CO[Si](C)(C)C(C)(C)C)N=Cc1ccccc1. The van der Waals surface area contributed by atoms with Crippen LogP contribution in [0.15, 0.2) is 35.3 Å². The van der Waals surface area contributed by atoms with E-state index in [-0.39, 0.29) is 11.1 Å². The largest absolute Gasteiger partial charge is 0.415 e. The van der Waals surface area contributed by atoms with Gasteiger partial charge in [-0.1, -0.05) is 65.0 Å². The summed E-state index contributed by atoms with van der Waals surface area (Å²) in [5.41, 5.74) is 1.15. The highest BCUT2D eigenvalue weighted by Crippen LogP contribution is 2.36. The first kappa shape index (κ1) is 18.1. The monoisotopic (exact) mass is 305 g/mol. The van der Waals surface area contributed by atoms with Gasteiger partial charge in [0.15, 0.2) is 8.32 Å². The van der Waals surface area contributed by atoms with Crippen LogP contribution in [0.3, 0.4) is 0 Å². The van der Waals surface area contributed by atoms with E-state index in [0.717, 1.165) is 12.2 Å². The van der Waals surface area contributed by atoms with Crippen molar-refractivity contribution in [3.8, 4) is 0 Å². The molecule has 0 bridgehead atoms. The van der Waals surface area contributed by atoms with Crippen molar-refractivity contribution in [2.75, 3.05) is 6.61 Å². The summed E-state index contributed by atoms with van der Waals surface area (Å²) in [7, 11) is -1.70. The first-order valence-electron chi connectivity index (χ1n) is 7.85. The van der Waals surface area contributed by atoms with E-state index in [0.29, 0.717) is 5.92 Å². The minimum atomic E-state index is -1.70. The minimum Gasteiger partial charge on any atom is -0.415 e. The predicted molar refractivity (Wildman–Crippen MR) is 95.8 cm³/mol. The predicted octanol–water partition coefficient (Wildman–Crippen LogP) is 5.15. The van der Waals surface area contributed by atoms with Crippen molar-refractivity contribution >= 4 is 14.5 Å². The van der Waals surface area contributed by atoms with Crippen molar-refractivity contribution in [1.29, 1.82) is 0 Å². The molecule has 0 saturated carbocycles. The number of aliphatic imine (C=N–C) groups is 1. The van der Waals surface area contributed by atoms with Gasteiger partial charge < -0.3 is 4.43 Å². The Morgan fingerprint density at radius 1 is 1.14 bits per heavy atom. The molecule has 21 heavy (non-hydrogen) atoms. The van der Waals surface area contributed by atoms with Crippen LogP contribution in [0, 0.1) is 5.92 Å². The van der Waals surface area contributed by atoms with Gasteiger partial charge in [-0.25, -0.2) is 0 Å². The molecule has 1 aromatic carbocycles. The molecule has 0 aromatic heterocycles. The Kier molecular flexibility index (Phi) is 6.35. The van der Waals surface area contributed by atoms with Gasteiger partial charge >= 0.3 is 0 Å². The highest BCUT2D eigenvalue weighted by molar-refractivity contribution is 6.74. The number of hydrogen-bond acceptors (Lipinski definition) is 2. The van der Waals surface area contributed by atoms with Gasteiger partial charge in [0.25, 0.3) is 0 Å². The first-order valence-corrected chi connectivity index (χ1v) is 10.8. The molecule has 0 radical (unpaired) electrons. The number of rotatable bonds is 6. The standard InChI is InChI=1S/C18H31NOSi/c1-15(2)17(14-20-21(6,7)18(3,4)5)19-13-16-11-9-8-10-12-16/h8-13,15,17H,14H2,1-7H3/t17-/m1/s1. The van der Waals surface area contributed by atoms with Crippen LogP contribution in [0.5, 0.6) is 0 Å². The lowest BCUT2D eigenvalue weighted by atomic mass is 10.1. The average molecular weight is 306 g/mol. The summed E-state index contributed by atoms with van der Waals surface area (Å²) in [6.07, 6.45) is 1.97.